The van der Waals surface area contributed by atoms with Crippen LogP contribution in [0.25, 0.3) is 5.69 Å². The molecule has 2 aromatic carbocycles. The standard InChI is InChI=1S/C20H21FN4O2/c1-14(16-4-8-18(9-5-16)25-13-22-12-23-25)24(3)20(26)15(2)27-19-10-6-17(21)7-11-19/h4-15H,1-3H3/t14-,15-/m1/s1. The number of rotatable bonds is 6. The highest BCUT2D eigenvalue weighted by Gasteiger charge is 2.24. The van der Waals surface area contributed by atoms with Crippen molar-refractivity contribution in [1.82, 2.24) is 19.7 Å². The summed E-state index contributed by atoms with van der Waals surface area (Å²) >= 11 is 0. The zero-order valence-corrected chi connectivity index (χ0v) is 15.4. The minimum Gasteiger partial charge on any atom is -0.481 e. The third kappa shape index (κ3) is 4.31. The van der Waals surface area contributed by atoms with Gasteiger partial charge in [0.05, 0.1) is 11.7 Å². The van der Waals surface area contributed by atoms with Gasteiger partial charge in [0.2, 0.25) is 0 Å². The van der Waals surface area contributed by atoms with Gasteiger partial charge in [-0.1, -0.05) is 12.1 Å². The van der Waals surface area contributed by atoms with Crippen molar-refractivity contribution >= 4 is 5.91 Å². The first-order valence-electron chi connectivity index (χ1n) is 8.59. The molecule has 0 N–H and O–H groups in total. The van der Waals surface area contributed by atoms with Gasteiger partial charge in [0.15, 0.2) is 6.10 Å². The fourth-order valence-corrected chi connectivity index (χ4v) is 2.72. The lowest BCUT2D eigenvalue weighted by Gasteiger charge is -2.28. The molecule has 27 heavy (non-hydrogen) atoms. The molecule has 0 unspecified atom stereocenters. The summed E-state index contributed by atoms with van der Waals surface area (Å²) in [5, 5.41) is 4.09. The summed E-state index contributed by atoms with van der Waals surface area (Å²) in [4.78, 5) is 18.3. The molecule has 0 aliphatic heterocycles. The highest BCUT2D eigenvalue weighted by atomic mass is 19.1. The van der Waals surface area contributed by atoms with Crippen LogP contribution in [0.2, 0.25) is 0 Å². The van der Waals surface area contributed by atoms with E-state index in [4.69, 9.17) is 4.74 Å². The lowest BCUT2D eigenvalue weighted by molar-refractivity contribution is -0.138. The molecule has 0 radical (unpaired) electrons. The van der Waals surface area contributed by atoms with E-state index in [1.807, 2.05) is 31.2 Å². The van der Waals surface area contributed by atoms with E-state index in [-0.39, 0.29) is 17.8 Å². The van der Waals surface area contributed by atoms with Gasteiger partial charge >= 0.3 is 0 Å². The van der Waals surface area contributed by atoms with Crippen LogP contribution >= 0.6 is 0 Å². The van der Waals surface area contributed by atoms with Crippen molar-refractivity contribution in [3.8, 4) is 11.4 Å². The molecule has 0 aliphatic carbocycles. The Morgan fingerprint density at radius 3 is 2.37 bits per heavy atom. The van der Waals surface area contributed by atoms with Crippen LogP contribution in [0.5, 0.6) is 5.75 Å². The van der Waals surface area contributed by atoms with Gasteiger partial charge in [-0.15, -0.1) is 0 Å². The number of halogens is 1. The SMILES string of the molecule is C[C@H](c1ccc(-n2cncn2)cc1)N(C)C(=O)[C@@H](C)Oc1ccc(F)cc1. The first kappa shape index (κ1) is 18.6. The molecule has 2 atom stereocenters. The lowest BCUT2D eigenvalue weighted by atomic mass is 10.1. The van der Waals surface area contributed by atoms with E-state index in [2.05, 4.69) is 10.1 Å². The highest BCUT2D eigenvalue weighted by Crippen LogP contribution is 2.22. The zero-order valence-electron chi connectivity index (χ0n) is 15.4. The van der Waals surface area contributed by atoms with Crippen molar-refractivity contribution < 1.29 is 13.9 Å². The molecule has 0 bridgehead atoms. The van der Waals surface area contributed by atoms with Gasteiger partial charge in [0.25, 0.3) is 5.91 Å². The average molecular weight is 368 g/mol. The van der Waals surface area contributed by atoms with Gasteiger partial charge in [-0.05, 0) is 55.8 Å². The van der Waals surface area contributed by atoms with Crippen molar-refractivity contribution in [2.45, 2.75) is 26.0 Å². The molecule has 1 heterocycles. The third-order valence-electron chi connectivity index (χ3n) is 4.46. The molecule has 6 nitrogen and oxygen atoms in total. The van der Waals surface area contributed by atoms with Crippen LogP contribution in [0, 0.1) is 5.82 Å². The van der Waals surface area contributed by atoms with Crippen LogP contribution < -0.4 is 4.74 Å². The molecule has 3 aromatic rings. The van der Waals surface area contributed by atoms with E-state index in [0.29, 0.717) is 5.75 Å². The van der Waals surface area contributed by atoms with E-state index >= 15 is 0 Å². The molecule has 1 amide bonds. The first-order chi connectivity index (χ1) is 13.0. The first-order valence-corrected chi connectivity index (χ1v) is 8.59. The number of benzene rings is 2. The van der Waals surface area contributed by atoms with Crippen molar-refractivity contribution in [1.29, 1.82) is 0 Å². The van der Waals surface area contributed by atoms with Gasteiger partial charge in [-0.25, -0.2) is 14.1 Å². The van der Waals surface area contributed by atoms with Crippen LogP contribution in [-0.2, 0) is 4.79 Å². The monoisotopic (exact) mass is 368 g/mol. The van der Waals surface area contributed by atoms with Gasteiger partial charge in [-0.3, -0.25) is 4.79 Å². The quantitative estimate of drug-likeness (QED) is 0.669. The van der Waals surface area contributed by atoms with Crippen LogP contribution in [0.1, 0.15) is 25.5 Å². The van der Waals surface area contributed by atoms with Crippen molar-refractivity contribution in [2.75, 3.05) is 7.05 Å². The number of hydrogen-bond donors (Lipinski definition) is 0. The Balaban J connectivity index is 1.65. The molecular weight excluding hydrogens is 347 g/mol. The Morgan fingerprint density at radius 2 is 1.78 bits per heavy atom. The average Bonchev–Trinajstić information content (AvgIpc) is 3.23. The zero-order chi connectivity index (χ0) is 19.4. The van der Waals surface area contributed by atoms with Gasteiger partial charge in [0.1, 0.15) is 24.2 Å². The van der Waals surface area contributed by atoms with E-state index < -0.39 is 6.10 Å². The van der Waals surface area contributed by atoms with Crippen LogP contribution in [-0.4, -0.2) is 38.7 Å². The topological polar surface area (TPSA) is 60.2 Å². The summed E-state index contributed by atoms with van der Waals surface area (Å²) in [6.45, 7) is 3.63. The van der Waals surface area contributed by atoms with Crippen LogP contribution in [0.3, 0.4) is 0 Å². The predicted octanol–water partition coefficient (Wildman–Crippen LogP) is 3.39. The summed E-state index contributed by atoms with van der Waals surface area (Å²) in [5.41, 5.74) is 1.88. The maximum Gasteiger partial charge on any atom is 0.263 e. The summed E-state index contributed by atoms with van der Waals surface area (Å²) < 4.78 is 20.3. The molecule has 1 aromatic heterocycles. The molecule has 0 spiro atoms. The van der Waals surface area contributed by atoms with Crippen LogP contribution in [0.15, 0.2) is 61.2 Å². The molecule has 0 fully saturated rings. The number of ether oxygens (including phenoxy) is 1. The maximum atomic E-state index is 13.0. The lowest BCUT2D eigenvalue weighted by Crippen LogP contribution is -2.39. The second-order valence-corrected chi connectivity index (χ2v) is 6.27. The largest absolute Gasteiger partial charge is 0.481 e. The maximum absolute atomic E-state index is 13.0. The number of hydrogen-bond acceptors (Lipinski definition) is 4. The van der Waals surface area contributed by atoms with Gasteiger partial charge in [0, 0.05) is 7.05 Å². The Labute approximate surface area is 157 Å². The van der Waals surface area contributed by atoms with Crippen molar-refractivity contribution in [3.63, 3.8) is 0 Å². The van der Waals surface area contributed by atoms with E-state index in [0.717, 1.165) is 11.3 Å². The Kier molecular flexibility index (Phi) is 5.49. The second-order valence-electron chi connectivity index (χ2n) is 6.27. The Bertz CT molecular complexity index is 879. The third-order valence-corrected chi connectivity index (χ3v) is 4.46. The number of likely N-dealkylation sites (N-methyl/N-ethyl adjacent to an activating group) is 1. The summed E-state index contributed by atoms with van der Waals surface area (Å²) in [7, 11) is 1.74. The molecular formula is C20H21FN4O2. The fourth-order valence-electron chi connectivity index (χ4n) is 2.72. The van der Waals surface area contributed by atoms with E-state index in [1.54, 1.807) is 29.9 Å². The molecule has 0 aliphatic rings. The van der Waals surface area contributed by atoms with Gasteiger partial charge in [-0.2, -0.15) is 5.10 Å². The second kappa shape index (κ2) is 7.99. The highest BCUT2D eigenvalue weighted by molar-refractivity contribution is 5.81. The molecule has 0 saturated carbocycles. The molecule has 3 rings (SSSR count). The van der Waals surface area contributed by atoms with Crippen molar-refractivity contribution in [3.05, 3.63) is 72.6 Å². The number of carbonyl (C=O) groups is 1. The number of aromatic nitrogens is 3. The number of amides is 1. The Morgan fingerprint density at radius 1 is 1.11 bits per heavy atom. The molecule has 7 heteroatoms. The Hall–Kier alpha value is -3.22. The molecule has 0 saturated heterocycles. The van der Waals surface area contributed by atoms with Crippen LogP contribution in [0.4, 0.5) is 4.39 Å². The van der Waals surface area contributed by atoms with E-state index in [9.17, 15) is 9.18 Å². The number of carbonyl (C=O) groups excluding carboxylic acids is 1. The minimum absolute atomic E-state index is 0.137. The van der Waals surface area contributed by atoms with Gasteiger partial charge < -0.3 is 9.64 Å². The summed E-state index contributed by atoms with van der Waals surface area (Å²) in [6, 6.07) is 13.2. The fraction of sp³-hybridized carbons (Fsp3) is 0.250. The normalized spacial score (nSPS) is 13.0. The minimum atomic E-state index is -0.683. The predicted molar refractivity (Wildman–Crippen MR) is 99.0 cm³/mol. The van der Waals surface area contributed by atoms with E-state index in [1.165, 1.54) is 30.6 Å². The summed E-state index contributed by atoms with van der Waals surface area (Å²) in [5.74, 6) is -0.0518. The number of nitrogens with zero attached hydrogens (tertiary/aromatic N) is 4. The smallest absolute Gasteiger partial charge is 0.263 e. The summed E-state index contributed by atoms with van der Waals surface area (Å²) in [6.07, 6.45) is 2.42. The molecule has 140 valence electrons. The van der Waals surface area contributed by atoms with Crippen molar-refractivity contribution in [2.24, 2.45) is 0 Å².